The molecule has 8 heteroatoms. The van der Waals surface area contributed by atoms with Crippen molar-refractivity contribution in [3.63, 3.8) is 0 Å². The van der Waals surface area contributed by atoms with Gasteiger partial charge in [-0.1, -0.05) is 0 Å². The van der Waals surface area contributed by atoms with Gasteiger partial charge >= 0.3 is 11.9 Å². The van der Waals surface area contributed by atoms with Gasteiger partial charge in [0.1, 0.15) is 12.1 Å². The number of nitrogens with one attached hydrogen (secondary N) is 1. The standard InChI is InChI=1S/C9H17N3O5/c10-3-1-2-6(9(16)17)12-7(13)4-5(11)8(14)15/h5-6H,1-4,10-11H2,(H,12,13)(H,14,15)(H,16,17). The fourth-order valence-corrected chi connectivity index (χ4v) is 1.12. The molecule has 0 aliphatic carbocycles. The zero-order valence-electron chi connectivity index (χ0n) is 9.26. The summed E-state index contributed by atoms with van der Waals surface area (Å²) in [4.78, 5) is 32.4. The zero-order valence-corrected chi connectivity index (χ0v) is 9.26. The topological polar surface area (TPSA) is 156 Å². The molecule has 0 rings (SSSR count). The van der Waals surface area contributed by atoms with Crippen molar-refractivity contribution in [3.8, 4) is 0 Å². The van der Waals surface area contributed by atoms with E-state index >= 15 is 0 Å². The quantitative estimate of drug-likeness (QED) is 0.335. The monoisotopic (exact) mass is 247 g/mol. The van der Waals surface area contributed by atoms with E-state index < -0.39 is 36.4 Å². The summed E-state index contributed by atoms with van der Waals surface area (Å²) in [6.07, 6.45) is 0.184. The fraction of sp³-hybridized carbons (Fsp3) is 0.667. The Balaban J connectivity index is 4.21. The van der Waals surface area contributed by atoms with Crippen molar-refractivity contribution in [1.82, 2.24) is 5.32 Å². The van der Waals surface area contributed by atoms with Gasteiger partial charge in [0, 0.05) is 0 Å². The molecule has 0 aromatic carbocycles. The largest absolute Gasteiger partial charge is 0.480 e. The second kappa shape index (κ2) is 7.58. The summed E-state index contributed by atoms with van der Waals surface area (Å²) in [5.74, 6) is -3.20. The number of carbonyl (C=O) groups excluding carboxylic acids is 1. The van der Waals surface area contributed by atoms with Gasteiger partial charge in [0.2, 0.25) is 5.91 Å². The predicted molar refractivity (Wildman–Crippen MR) is 58.1 cm³/mol. The van der Waals surface area contributed by atoms with E-state index in [1.54, 1.807) is 0 Å². The van der Waals surface area contributed by atoms with E-state index in [9.17, 15) is 14.4 Å². The second-order valence-electron chi connectivity index (χ2n) is 3.54. The van der Waals surface area contributed by atoms with Gasteiger partial charge in [0.25, 0.3) is 0 Å². The number of amides is 1. The molecule has 0 heterocycles. The maximum Gasteiger partial charge on any atom is 0.326 e. The van der Waals surface area contributed by atoms with Gasteiger partial charge < -0.3 is 27.0 Å². The molecule has 0 aromatic rings. The summed E-state index contributed by atoms with van der Waals surface area (Å²) in [6.45, 7) is 0.314. The van der Waals surface area contributed by atoms with E-state index in [4.69, 9.17) is 21.7 Å². The molecule has 0 fully saturated rings. The minimum atomic E-state index is -1.33. The molecule has 8 nitrogen and oxygen atoms in total. The third-order valence-electron chi connectivity index (χ3n) is 2.05. The van der Waals surface area contributed by atoms with Crippen LogP contribution in [0.25, 0.3) is 0 Å². The Morgan fingerprint density at radius 1 is 1.18 bits per heavy atom. The number of hydrogen-bond acceptors (Lipinski definition) is 5. The highest BCUT2D eigenvalue weighted by Gasteiger charge is 2.22. The molecule has 0 aromatic heterocycles. The molecule has 1 amide bonds. The number of aliphatic carboxylic acids is 2. The van der Waals surface area contributed by atoms with Crippen molar-refractivity contribution in [3.05, 3.63) is 0 Å². The fourth-order valence-electron chi connectivity index (χ4n) is 1.12. The van der Waals surface area contributed by atoms with Gasteiger partial charge in [-0.05, 0) is 19.4 Å². The Morgan fingerprint density at radius 2 is 1.76 bits per heavy atom. The highest BCUT2D eigenvalue weighted by molar-refractivity contribution is 5.87. The van der Waals surface area contributed by atoms with Crippen molar-refractivity contribution in [2.45, 2.75) is 31.3 Å². The lowest BCUT2D eigenvalue weighted by Gasteiger charge is -2.14. The van der Waals surface area contributed by atoms with E-state index in [0.717, 1.165) is 0 Å². The minimum Gasteiger partial charge on any atom is -0.480 e. The number of carboxylic acids is 2. The highest BCUT2D eigenvalue weighted by atomic mass is 16.4. The average molecular weight is 247 g/mol. The highest BCUT2D eigenvalue weighted by Crippen LogP contribution is 1.98. The van der Waals surface area contributed by atoms with Gasteiger partial charge in [-0.2, -0.15) is 0 Å². The van der Waals surface area contributed by atoms with Crippen molar-refractivity contribution in [2.75, 3.05) is 6.54 Å². The summed E-state index contributed by atoms with van der Waals surface area (Å²) in [5, 5.41) is 19.5. The Bertz CT molecular complexity index is 294. The molecule has 0 aliphatic rings. The molecule has 7 N–H and O–H groups in total. The molecule has 98 valence electrons. The van der Waals surface area contributed by atoms with Crippen molar-refractivity contribution in [1.29, 1.82) is 0 Å². The van der Waals surface area contributed by atoms with Crippen LogP contribution in [0.4, 0.5) is 0 Å². The number of carbonyl (C=O) groups is 3. The first-order valence-electron chi connectivity index (χ1n) is 5.09. The molecule has 0 saturated heterocycles. The van der Waals surface area contributed by atoms with Crippen LogP contribution < -0.4 is 16.8 Å². The molecule has 0 saturated carbocycles. The van der Waals surface area contributed by atoms with E-state index in [1.165, 1.54) is 0 Å². The maximum atomic E-state index is 11.3. The number of hydrogen-bond donors (Lipinski definition) is 5. The van der Waals surface area contributed by atoms with Crippen LogP contribution in [0.3, 0.4) is 0 Å². The van der Waals surface area contributed by atoms with E-state index in [0.29, 0.717) is 13.0 Å². The molecule has 2 unspecified atom stereocenters. The lowest BCUT2D eigenvalue weighted by atomic mass is 10.1. The molecule has 0 aliphatic heterocycles. The molecular weight excluding hydrogens is 230 g/mol. The van der Waals surface area contributed by atoms with Crippen molar-refractivity contribution < 1.29 is 24.6 Å². The number of carboxylic acid groups (broad SMARTS) is 2. The van der Waals surface area contributed by atoms with Crippen LogP contribution in [0.5, 0.6) is 0 Å². The molecule has 0 bridgehead atoms. The van der Waals surface area contributed by atoms with Gasteiger partial charge in [0.15, 0.2) is 0 Å². The molecular formula is C9H17N3O5. The van der Waals surface area contributed by atoms with Crippen LogP contribution in [-0.2, 0) is 14.4 Å². The molecule has 2 atom stereocenters. The maximum absolute atomic E-state index is 11.3. The van der Waals surface area contributed by atoms with Crippen LogP contribution in [0.2, 0.25) is 0 Å². The summed E-state index contributed by atoms with van der Waals surface area (Å²) in [6, 6.07) is -2.40. The lowest BCUT2D eigenvalue weighted by molar-refractivity contribution is -0.143. The minimum absolute atomic E-state index is 0.194. The smallest absolute Gasteiger partial charge is 0.326 e. The van der Waals surface area contributed by atoms with Crippen LogP contribution in [0, 0.1) is 0 Å². The Kier molecular flexibility index (Phi) is 6.83. The van der Waals surface area contributed by atoms with Crippen LogP contribution in [-0.4, -0.2) is 46.7 Å². The first kappa shape index (κ1) is 15.3. The van der Waals surface area contributed by atoms with Gasteiger partial charge in [0.05, 0.1) is 6.42 Å². The van der Waals surface area contributed by atoms with Crippen LogP contribution >= 0.6 is 0 Å². The van der Waals surface area contributed by atoms with Crippen LogP contribution in [0.1, 0.15) is 19.3 Å². The first-order valence-corrected chi connectivity index (χ1v) is 5.09. The summed E-state index contributed by atoms with van der Waals surface area (Å²) >= 11 is 0. The first-order chi connectivity index (χ1) is 7.88. The third kappa shape index (κ3) is 6.48. The summed E-state index contributed by atoms with van der Waals surface area (Å²) < 4.78 is 0. The Morgan fingerprint density at radius 3 is 2.18 bits per heavy atom. The van der Waals surface area contributed by atoms with Crippen LogP contribution in [0.15, 0.2) is 0 Å². The third-order valence-corrected chi connectivity index (χ3v) is 2.05. The van der Waals surface area contributed by atoms with Crippen molar-refractivity contribution in [2.24, 2.45) is 11.5 Å². The van der Waals surface area contributed by atoms with E-state index in [-0.39, 0.29) is 6.42 Å². The molecule has 17 heavy (non-hydrogen) atoms. The number of nitrogens with two attached hydrogens (primary N) is 2. The molecule has 0 spiro atoms. The zero-order chi connectivity index (χ0) is 13.4. The van der Waals surface area contributed by atoms with E-state index in [1.807, 2.05) is 0 Å². The van der Waals surface area contributed by atoms with Crippen molar-refractivity contribution >= 4 is 17.8 Å². The average Bonchev–Trinajstić information content (AvgIpc) is 2.23. The Hall–Kier alpha value is -1.67. The predicted octanol–water partition coefficient (Wildman–Crippen LogP) is -1.90. The second-order valence-corrected chi connectivity index (χ2v) is 3.54. The SMILES string of the molecule is NCCCC(NC(=O)CC(N)C(=O)O)C(=O)O. The normalized spacial score (nSPS) is 13.8. The Labute approximate surface area is 98.0 Å². The van der Waals surface area contributed by atoms with Gasteiger partial charge in [-0.15, -0.1) is 0 Å². The van der Waals surface area contributed by atoms with Gasteiger partial charge in [-0.3, -0.25) is 9.59 Å². The number of rotatable bonds is 8. The lowest BCUT2D eigenvalue weighted by Crippen LogP contribution is -2.44. The molecule has 0 radical (unpaired) electrons. The summed E-state index contributed by atoms with van der Waals surface area (Å²) in [7, 11) is 0. The van der Waals surface area contributed by atoms with E-state index in [2.05, 4.69) is 5.32 Å². The summed E-state index contributed by atoms with van der Waals surface area (Å²) in [5.41, 5.74) is 10.4. The van der Waals surface area contributed by atoms with Gasteiger partial charge in [-0.25, -0.2) is 4.79 Å².